The van der Waals surface area contributed by atoms with Crippen molar-refractivity contribution in [1.29, 1.82) is 0 Å². The number of amides is 1. The number of hydrogen-bond donors (Lipinski definition) is 1. The third kappa shape index (κ3) is 6.10. The fourth-order valence-corrected chi connectivity index (χ4v) is 3.19. The highest BCUT2D eigenvalue weighted by atomic mass is 32.1. The summed E-state index contributed by atoms with van der Waals surface area (Å²) in [6, 6.07) is 5.97. The van der Waals surface area contributed by atoms with E-state index in [0.717, 1.165) is 35.2 Å². The first-order valence-corrected chi connectivity index (χ1v) is 9.07. The minimum atomic E-state index is 0.0416. The molecule has 124 valence electrons. The van der Waals surface area contributed by atoms with Gasteiger partial charge in [-0.05, 0) is 31.4 Å². The molecule has 1 N–H and O–H groups in total. The van der Waals surface area contributed by atoms with Crippen LogP contribution in [0, 0.1) is 5.92 Å². The molecule has 0 spiro atoms. The number of hydrogen-bond acceptors (Lipinski definition) is 4. The lowest BCUT2D eigenvalue weighted by Gasteiger charge is -2.14. The van der Waals surface area contributed by atoms with Crippen molar-refractivity contribution in [2.45, 2.75) is 52.5 Å². The van der Waals surface area contributed by atoms with Crippen LogP contribution < -0.4 is 5.32 Å². The first-order chi connectivity index (χ1) is 11.0. The summed E-state index contributed by atoms with van der Waals surface area (Å²) >= 11 is 1.53. The monoisotopic (exact) mass is 331 g/mol. The minimum absolute atomic E-state index is 0.0416. The van der Waals surface area contributed by atoms with E-state index in [1.165, 1.54) is 17.8 Å². The Morgan fingerprint density at radius 3 is 2.78 bits per heavy atom. The Kier molecular flexibility index (Phi) is 6.71. The predicted molar refractivity (Wildman–Crippen MR) is 95.3 cm³/mol. The summed E-state index contributed by atoms with van der Waals surface area (Å²) in [5.74, 6) is 0.762. The number of nitrogens with one attached hydrogen (secondary N) is 1. The van der Waals surface area contributed by atoms with Gasteiger partial charge in [0.15, 0.2) is 0 Å². The molecule has 0 fully saturated rings. The van der Waals surface area contributed by atoms with E-state index in [4.69, 9.17) is 0 Å². The number of nitrogens with zero attached hydrogens (tertiary/aromatic N) is 2. The summed E-state index contributed by atoms with van der Waals surface area (Å²) in [6.45, 7) is 6.52. The second-order valence-electron chi connectivity index (χ2n) is 6.33. The van der Waals surface area contributed by atoms with Gasteiger partial charge in [-0.25, -0.2) is 4.98 Å². The zero-order valence-corrected chi connectivity index (χ0v) is 14.9. The molecule has 0 aromatic carbocycles. The van der Waals surface area contributed by atoms with E-state index in [1.807, 2.05) is 23.6 Å². The van der Waals surface area contributed by atoms with Crippen LogP contribution in [0.3, 0.4) is 0 Å². The van der Waals surface area contributed by atoms with Gasteiger partial charge in [0.25, 0.3) is 0 Å². The van der Waals surface area contributed by atoms with Crippen LogP contribution in [0.4, 0.5) is 0 Å². The van der Waals surface area contributed by atoms with Crippen LogP contribution in [0.25, 0.3) is 10.7 Å². The lowest BCUT2D eigenvalue weighted by molar-refractivity contribution is -0.121. The number of carbonyl (C=O) groups is 1. The van der Waals surface area contributed by atoms with Gasteiger partial charge < -0.3 is 5.32 Å². The summed E-state index contributed by atoms with van der Waals surface area (Å²) < 4.78 is 0. The van der Waals surface area contributed by atoms with Crippen molar-refractivity contribution in [3.63, 3.8) is 0 Å². The molecule has 0 saturated heterocycles. The maximum absolute atomic E-state index is 12.1. The second-order valence-corrected chi connectivity index (χ2v) is 7.19. The molecule has 4 nitrogen and oxygen atoms in total. The van der Waals surface area contributed by atoms with Gasteiger partial charge in [0.1, 0.15) is 5.01 Å². The smallest absolute Gasteiger partial charge is 0.226 e. The van der Waals surface area contributed by atoms with Crippen LogP contribution in [0.5, 0.6) is 0 Å². The highest BCUT2D eigenvalue weighted by Crippen LogP contribution is 2.21. The molecular formula is C18H25N3OS. The molecule has 0 saturated carbocycles. The SMILES string of the molecule is CC(C)CCC[C@@H](C)NC(=O)Cc1csc(-c2ccccn2)n1. The molecule has 2 rings (SSSR count). The zero-order valence-electron chi connectivity index (χ0n) is 14.1. The Hall–Kier alpha value is -1.75. The first-order valence-electron chi connectivity index (χ1n) is 8.19. The molecule has 0 radical (unpaired) electrons. The molecule has 1 atom stereocenters. The van der Waals surface area contributed by atoms with E-state index in [1.54, 1.807) is 6.20 Å². The number of carbonyl (C=O) groups excluding carboxylic acids is 1. The molecule has 1 amide bonds. The van der Waals surface area contributed by atoms with Crippen molar-refractivity contribution in [2.75, 3.05) is 0 Å². The molecule has 0 bridgehead atoms. The fourth-order valence-electron chi connectivity index (χ4n) is 2.39. The molecule has 2 aromatic heterocycles. The van der Waals surface area contributed by atoms with Crippen LogP contribution in [-0.2, 0) is 11.2 Å². The van der Waals surface area contributed by atoms with Gasteiger partial charge in [0.05, 0.1) is 17.8 Å². The molecular weight excluding hydrogens is 306 g/mol. The van der Waals surface area contributed by atoms with Crippen molar-refractivity contribution in [3.8, 4) is 10.7 Å². The van der Waals surface area contributed by atoms with Gasteiger partial charge in [0.2, 0.25) is 5.91 Å². The largest absolute Gasteiger partial charge is 0.353 e. The van der Waals surface area contributed by atoms with Crippen LogP contribution >= 0.6 is 11.3 Å². The molecule has 2 aromatic rings. The second kappa shape index (κ2) is 8.77. The third-order valence-corrected chi connectivity index (χ3v) is 4.52. The van der Waals surface area contributed by atoms with Gasteiger partial charge in [-0.15, -0.1) is 11.3 Å². The van der Waals surface area contributed by atoms with Gasteiger partial charge >= 0.3 is 0 Å². The first kappa shape index (κ1) is 17.6. The molecule has 0 unspecified atom stereocenters. The van der Waals surface area contributed by atoms with E-state index in [-0.39, 0.29) is 11.9 Å². The number of thiazole rings is 1. The van der Waals surface area contributed by atoms with Crippen LogP contribution in [0.1, 0.15) is 45.7 Å². The summed E-state index contributed by atoms with van der Waals surface area (Å²) in [6.07, 6.45) is 5.47. The maximum Gasteiger partial charge on any atom is 0.226 e. The lowest BCUT2D eigenvalue weighted by Crippen LogP contribution is -2.33. The minimum Gasteiger partial charge on any atom is -0.353 e. The van der Waals surface area contributed by atoms with Crippen LogP contribution in [0.15, 0.2) is 29.8 Å². The fraction of sp³-hybridized carbons (Fsp3) is 0.500. The Morgan fingerprint density at radius 1 is 1.26 bits per heavy atom. The van der Waals surface area contributed by atoms with E-state index in [0.29, 0.717) is 6.42 Å². The number of rotatable bonds is 8. The summed E-state index contributed by atoms with van der Waals surface area (Å²) in [5.41, 5.74) is 1.66. The van der Waals surface area contributed by atoms with E-state index >= 15 is 0 Å². The average molecular weight is 331 g/mol. The average Bonchev–Trinajstić information content (AvgIpc) is 2.96. The molecule has 5 heteroatoms. The molecule has 0 aliphatic heterocycles. The standard InChI is InChI=1S/C18H25N3OS/c1-13(2)7-6-8-14(3)20-17(22)11-15-12-23-18(21-15)16-9-4-5-10-19-16/h4-5,9-10,12-14H,6-8,11H2,1-3H3,(H,20,22)/t14-/m1/s1. The van der Waals surface area contributed by atoms with Gasteiger partial charge in [-0.1, -0.05) is 32.8 Å². The quantitative estimate of drug-likeness (QED) is 0.793. The Balaban J connectivity index is 1.80. The van der Waals surface area contributed by atoms with Crippen molar-refractivity contribution < 1.29 is 4.79 Å². The Labute approximate surface area is 142 Å². The van der Waals surface area contributed by atoms with E-state index < -0.39 is 0 Å². The van der Waals surface area contributed by atoms with Gasteiger partial charge in [-0.3, -0.25) is 9.78 Å². The van der Waals surface area contributed by atoms with Crippen molar-refractivity contribution in [1.82, 2.24) is 15.3 Å². The van der Waals surface area contributed by atoms with Crippen LogP contribution in [0.2, 0.25) is 0 Å². The molecule has 23 heavy (non-hydrogen) atoms. The van der Waals surface area contributed by atoms with Crippen LogP contribution in [-0.4, -0.2) is 21.9 Å². The van der Waals surface area contributed by atoms with Crippen molar-refractivity contribution in [3.05, 3.63) is 35.5 Å². The lowest BCUT2D eigenvalue weighted by atomic mass is 10.0. The van der Waals surface area contributed by atoms with Gasteiger partial charge in [0, 0.05) is 17.6 Å². The summed E-state index contributed by atoms with van der Waals surface area (Å²) in [5, 5.41) is 5.86. The number of pyridine rings is 1. The highest BCUT2D eigenvalue weighted by molar-refractivity contribution is 7.13. The van der Waals surface area contributed by atoms with Gasteiger partial charge in [-0.2, -0.15) is 0 Å². The van der Waals surface area contributed by atoms with Crippen molar-refractivity contribution >= 4 is 17.2 Å². The van der Waals surface area contributed by atoms with E-state index in [9.17, 15) is 4.79 Å². The van der Waals surface area contributed by atoms with Crippen molar-refractivity contribution in [2.24, 2.45) is 5.92 Å². The third-order valence-electron chi connectivity index (χ3n) is 3.60. The molecule has 0 aliphatic rings. The summed E-state index contributed by atoms with van der Waals surface area (Å²) in [7, 11) is 0. The predicted octanol–water partition coefficient (Wildman–Crippen LogP) is 4.08. The number of aromatic nitrogens is 2. The Morgan fingerprint density at radius 2 is 2.09 bits per heavy atom. The molecule has 0 aliphatic carbocycles. The normalized spacial score (nSPS) is 12.3. The highest BCUT2D eigenvalue weighted by Gasteiger charge is 2.12. The van der Waals surface area contributed by atoms with E-state index in [2.05, 4.69) is 36.1 Å². The molecule has 2 heterocycles. The Bertz CT molecular complexity index is 610. The maximum atomic E-state index is 12.1. The zero-order chi connectivity index (χ0) is 16.7. The summed E-state index contributed by atoms with van der Waals surface area (Å²) in [4.78, 5) is 20.9. The topological polar surface area (TPSA) is 54.9 Å².